The van der Waals surface area contributed by atoms with E-state index in [1.165, 1.54) is 0 Å². The molecular formula is H3F18O3Te3U. The van der Waals surface area contributed by atoms with Gasteiger partial charge in [-0.2, -0.15) is 0 Å². The van der Waals surface area contributed by atoms with E-state index in [4.69, 9.17) is 10.4 Å². The summed E-state index contributed by atoms with van der Waals surface area (Å²) >= 11 is -37.3. The van der Waals surface area contributed by atoms with E-state index in [0.717, 1.165) is 0 Å². The quantitative estimate of drug-likeness (QED) is 0.243. The van der Waals surface area contributed by atoms with E-state index in [1.807, 2.05) is 0 Å². The summed E-state index contributed by atoms with van der Waals surface area (Å²) in [5, 5.41) is 0. The molecule has 0 unspecified atom stereocenters. The van der Waals surface area contributed by atoms with E-state index in [-0.39, 0.29) is 0 Å². The first kappa shape index (κ1) is 34.5. The van der Waals surface area contributed by atoms with Crippen LogP contribution in [0.2, 0.25) is 0 Å². The number of halogens is 18. The van der Waals surface area contributed by atoms with E-state index in [0.29, 0.717) is 0 Å². The fourth-order valence-electron chi connectivity index (χ4n) is 0. The molecule has 0 spiro atoms. The molecule has 3 N–H and O–H groups in total. The molecule has 0 bridgehead atoms. The van der Waals surface area contributed by atoms with Crippen LogP contribution in [0.3, 0.4) is 0 Å². The molecule has 0 radical (unpaired) electrons. The number of hydrogen-bond donors (Lipinski definition) is 3. The molecule has 25 heteroatoms. The van der Waals surface area contributed by atoms with Crippen LogP contribution in [-0.2, 0) is 0 Å². The van der Waals surface area contributed by atoms with Crippen LogP contribution in [0, 0.1) is 28.1 Å². The van der Waals surface area contributed by atoms with Gasteiger partial charge in [-0.05, 0) is 0 Å². The normalized spacial score (nSPS) is 20.5. The maximum atomic E-state index is 10.1. The molecule has 0 saturated carbocycles. The van der Waals surface area contributed by atoms with E-state index >= 15 is 0 Å². The molecule has 0 heterocycles. The number of hydrogen-bond acceptors (Lipinski definition) is 3. The van der Waals surface area contributed by atoms with E-state index in [2.05, 4.69) is 0 Å². The third kappa shape index (κ3) is 3610. The average Bonchev–Trinajstić information content (AvgIpc) is 1.50. The van der Waals surface area contributed by atoms with E-state index < -0.39 is 84.2 Å². The van der Waals surface area contributed by atoms with Gasteiger partial charge in [-0.3, -0.25) is 0 Å². The van der Waals surface area contributed by atoms with Crippen molar-refractivity contribution in [3.63, 3.8) is 0 Å². The minimum atomic E-state index is -10.7. The van der Waals surface area contributed by atoms with Crippen molar-refractivity contribution in [3.8, 4) is 0 Å². The van der Waals surface area contributed by atoms with Crippen molar-refractivity contribution in [1.29, 1.82) is 0 Å². The van der Waals surface area contributed by atoms with Crippen LogP contribution in [0.25, 0.3) is 0 Å². The van der Waals surface area contributed by atoms with Crippen LogP contribution in [0.5, 0.6) is 0 Å². The molecule has 0 atom stereocenters. The van der Waals surface area contributed by atoms with E-state index in [1.54, 1.807) is 0 Å². The van der Waals surface area contributed by atoms with Gasteiger partial charge in [-0.15, -0.1) is 0 Å². The predicted octanol–water partition coefficient (Wildman–Crippen LogP) is 4.75. The summed E-state index contributed by atoms with van der Waals surface area (Å²) in [5.74, 6) is 0. The average molecular weight is 1010 g/mol. The first-order valence-electron chi connectivity index (χ1n) is 3.43. The molecule has 169 valence electrons. The van der Waals surface area contributed by atoms with Crippen molar-refractivity contribution < 1.29 is 88.2 Å². The topological polar surface area (TPSA) is 60.7 Å². The Kier molecular flexibility index (Phi) is 9.01. The predicted molar refractivity (Wildman–Crippen MR) is 43.9 cm³/mol. The Balaban J connectivity index is -0.000000120. The third-order valence-corrected chi connectivity index (χ3v) is 0. The molecule has 0 aromatic rings. The van der Waals surface area contributed by atoms with Crippen LogP contribution in [0.1, 0.15) is 0 Å². The zero-order valence-electron chi connectivity index (χ0n) is 9.87. The molecule has 0 aliphatic rings. The second kappa shape index (κ2) is 6.52. The Morgan fingerprint density at radius 3 is 0.360 bits per heavy atom. The van der Waals surface area contributed by atoms with Gasteiger partial charge in [-0.1, -0.05) is 0 Å². The van der Waals surface area contributed by atoms with Gasteiger partial charge in [-0.25, -0.2) is 0 Å². The summed E-state index contributed by atoms with van der Waals surface area (Å²) in [6.45, 7) is 0. The SMILES string of the molecule is O[Te](F)(F)(F)(F)F.O[Te](F)(F)(F)(F)F.O[Te](F)(F)(F)(F)F.[F][U]([F])[F]. The summed E-state index contributed by atoms with van der Waals surface area (Å²) in [7, 11) is 0. The fourth-order valence-corrected chi connectivity index (χ4v) is 0. The van der Waals surface area contributed by atoms with Crippen molar-refractivity contribution in [2.45, 2.75) is 0 Å². The van der Waals surface area contributed by atoms with Crippen LogP contribution in [0.15, 0.2) is 0 Å². The summed E-state index contributed by atoms with van der Waals surface area (Å²) in [6, 6.07) is 0. The van der Waals surface area contributed by atoms with Crippen molar-refractivity contribution in [1.82, 2.24) is 0 Å². The molecular weight excluding hydrogens is 1010 g/mol. The Hall–Kier alpha value is 2.04. The third-order valence-electron chi connectivity index (χ3n) is 0. The van der Waals surface area contributed by atoms with Gasteiger partial charge < -0.3 is 0 Å². The molecule has 0 aromatic carbocycles. The van der Waals surface area contributed by atoms with E-state index in [9.17, 15) is 49.7 Å². The van der Waals surface area contributed by atoms with Gasteiger partial charge in [0.2, 0.25) is 0 Å². The molecule has 0 amide bonds. The molecule has 0 rings (SSSR count). The Bertz CT molecular complexity index is 316. The Morgan fingerprint density at radius 1 is 0.360 bits per heavy atom. The van der Waals surface area contributed by atoms with Crippen molar-refractivity contribution in [2.75, 3.05) is 0 Å². The summed E-state index contributed by atoms with van der Waals surface area (Å²) in [5.41, 5.74) is 0. The zero-order chi connectivity index (χ0) is 22.8. The monoisotopic (exact) mass is 1020 g/mol. The Labute approximate surface area is 142 Å². The number of rotatable bonds is 0. The van der Waals surface area contributed by atoms with Crippen molar-refractivity contribution in [3.05, 3.63) is 0 Å². The van der Waals surface area contributed by atoms with Gasteiger partial charge in [0.15, 0.2) is 0 Å². The molecule has 0 fully saturated rings. The van der Waals surface area contributed by atoms with Crippen LogP contribution in [-0.4, -0.2) is 66.5 Å². The standard InChI is InChI=1S/3F5HOTe.3FH.U/c3*1-7(2,3,4,5)6;;;;/h3*6H;3*1H;/q;;;;;;+3/p-3. The molecule has 25 heavy (non-hydrogen) atoms. The second-order valence-electron chi connectivity index (χ2n) is 3.00. The van der Waals surface area contributed by atoms with Gasteiger partial charge in [0.25, 0.3) is 0 Å². The zero-order valence-corrected chi connectivity index (χ0v) is 21.0. The van der Waals surface area contributed by atoms with Gasteiger partial charge in [0, 0.05) is 0 Å². The molecule has 0 saturated heterocycles. The Morgan fingerprint density at radius 2 is 0.360 bits per heavy atom. The minimum absolute atomic E-state index is 5.23. The van der Waals surface area contributed by atoms with Gasteiger partial charge >= 0.3 is 144 Å². The van der Waals surface area contributed by atoms with Crippen molar-refractivity contribution in [2.24, 2.45) is 0 Å². The molecule has 0 aliphatic carbocycles. The van der Waals surface area contributed by atoms with Crippen LogP contribution in [0.4, 0.5) is 49.7 Å². The van der Waals surface area contributed by atoms with Gasteiger partial charge in [0.1, 0.15) is 0 Å². The summed E-state index contributed by atoms with van der Waals surface area (Å²) < 4.78 is 201. The maximum absolute atomic E-state index is 10.7. The summed E-state index contributed by atoms with van der Waals surface area (Å²) in [4.78, 5) is 0. The first-order chi connectivity index (χ1) is 9.08. The summed E-state index contributed by atoms with van der Waals surface area (Å²) in [6.07, 6.45) is 0. The van der Waals surface area contributed by atoms with Crippen molar-refractivity contribution >= 4 is 56.1 Å². The van der Waals surface area contributed by atoms with Crippen LogP contribution >= 0.6 is 0 Å². The molecule has 0 aromatic heterocycles. The molecule has 3 nitrogen and oxygen atoms in total. The molecule has 0 aliphatic heterocycles. The van der Waals surface area contributed by atoms with Crippen LogP contribution < -0.4 is 0 Å². The second-order valence-corrected chi connectivity index (χ2v) is 20.7. The first-order valence-corrected chi connectivity index (χ1v) is 24.5. The fraction of sp³-hybridized carbons (Fsp3) is 0. The van der Waals surface area contributed by atoms with Gasteiger partial charge in [0.05, 0.1) is 0 Å².